The Morgan fingerprint density at radius 3 is 2.64 bits per heavy atom. The summed E-state index contributed by atoms with van der Waals surface area (Å²) in [7, 11) is 0. The van der Waals surface area contributed by atoms with Crippen LogP contribution in [0.1, 0.15) is 5.69 Å². The van der Waals surface area contributed by atoms with Crippen LogP contribution in [-0.2, 0) is 0 Å². The predicted octanol–water partition coefficient (Wildman–Crippen LogP) is 3.49. The van der Waals surface area contributed by atoms with Crippen molar-refractivity contribution in [3.8, 4) is 5.69 Å². The Hall–Kier alpha value is -0.990. The van der Waals surface area contributed by atoms with Crippen molar-refractivity contribution in [1.29, 1.82) is 0 Å². The van der Waals surface area contributed by atoms with Gasteiger partial charge in [0.05, 0.1) is 0 Å². The largest absolute Gasteiger partial charge is 0.288 e. The van der Waals surface area contributed by atoms with Crippen LogP contribution in [0.25, 0.3) is 5.69 Å². The number of imidazole rings is 1. The highest BCUT2D eigenvalue weighted by Crippen LogP contribution is 2.20. The van der Waals surface area contributed by atoms with Gasteiger partial charge in [-0.15, -0.1) is 0 Å². The zero-order valence-electron chi connectivity index (χ0n) is 7.54. The quantitative estimate of drug-likeness (QED) is 0.729. The summed E-state index contributed by atoms with van der Waals surface area (Å²) in [6.45, 7) is 1.94. The van der Waals surface area contributed by atoms with Gasteiger partial charge in [0.1, 0.15) is 0 Å². The van der Waals surface area contributed by atoms with E-state index in [1.807, 2.05) is 35.8 Å². The lowest BCUT2D eigenvalue weighted by Gasteiger charge is -2.06. The maximum Gasteiger partial charge on any atom is 0.207 e. The Bertz CT molecular complexity index is 443. The minimum atomic E-state index is 0.449. The first-order chi connectivity index (χ1) is 6.68. The summed E-state index contributed by atoms with van der Waals surface area (Å²) >= 11 is 11.8. The van der Waals surface area contributed by atoms with Gasteiger partial charge in [-0.25, -0.2) is 4.98 Å². The van der Waals surface area contributed by atoms with Crippen molar-refractivity contribution in [2.24, 2.45) is 0 Å². The van der Waals surface area contributed by atoms with Gasteiger partial charge in [0.15, 0.2) is 0 Å². The number of hydrogen-bond acceptors (Lipinski definition) is 1. The highest BCUT2D eigenvalue weighted by molar-refractivity contribution is 6.31. The number of nitrogens with zero attached hydrogens (tertiary/aromatic N) is 2. The monoisotopic (exact) mass is 226 g/mol. The maximum absolute atomic E-state index is 5.94. The van der Waals surface area contributed by atoms with Crippen molar-refractivity contribution < 1.29 is 0 Å². The van der Waals surface area contributed by atoms with Gasteiger partial charge in [-0.1, -0.05) is 17.7 Å². The molecule has 0 N–H and O–H groups in total. The van der Waals surface area contributed by atoms with E-state index in [-0.39, 0.29) is 0 Å². The summed E-state index contributed by atoms with van der Waals surface area (Å²) in [4.78, 5) is 4.01. The lowest BCUT2D eigenvalue weighted by molar-refractivity contribution is 1.01. The molecule has 0 spiro atoms. The molecule has 0 radical (unpaired) electrons. The second-order valence-corrected chi connectivity index (χ2v) is 3.76. The Labute approximate surface area is 92.1 Å². The van der Waals surface area contributed by atoms with Crippen molar-refractivity contribution in [2.45, 2.75) is 6.92 Å². The smallest absolute Gasteiger partial charge is 0.207 e. The van der Waals surface area contributed by atoms with Crippen LogP contribution in [0, 0.1) is 6.92 Å². The summed E-state index contributed by atoms with van der Waals surface area (Å²) in [5, 5.41) is 1.14. The molecule has 0 atom stereocenters. The molecule has 1 aromatic carbocycles. The van der Waals surface area contributed by atoms with Crippen LogP contribution >= 0.6 is 23.2 Å². The van der Waals surface area contributed by atoms with Crippen molar-refractivity contribution in [3.05, 3.63) is 46.5 Å². The first kappa shape index (κ1) is 9.56. The van der Waals surface area contributed by atoms with Gasteiger partial charge in [0.2, 0.25) is 5.28 Å². The molecule has 2 aromatic rings. The number of aryl methyl sites for hydroxylation is 1. The van der Waals surface area contributed by atoms with E-state index in [4.69, 9.17) is 23.2 Å². The summed E-state index contributed by atoms with van der Waals surface area (Å²) in [5.74, 6) is 0. The Kier molecular flexibility index (Phi) is 2.48. The summed E-state index contributed by atoms with van der Waals surface area (Å²) in [5.41, 5.74) is 1.91. The highest BCUT2D eigenvalue weighted by Gasteiger charge is 2.06. The third kappa shape index (κ3) is 1.63. The maximum atomic E-state index is 5.94. The van der Waals surface area contributed by atoms with E-state index < -0.39 is 0 Å². The van der Waals surface area contributed by atoms with Gasteiger partial charge >= 0.3 is 0 Å². The molecule has 0 bridgehead atoms. The molecule has 14 heavy (non-hydrogen) atoms. The molecular formula is C10H8Cl2N2. The van der Waals surface area contributed by atoms with E-state index in [9.17, 15) is 0 Å². The molecule has 0 amide bonds. The van der Waals surface area contributed by atoms with Gasteiger partial charge in [-0.3, -0.25) is 4.57 Å². The molecule has 0 aliphatic rings. The third-order valence-electron chi connectivity index (χ3n) is 1.96. The lowest BCUT2D eigenvalue weighted by Crippen LogP contribution is -1.95. The van der Waals surface area contributed by atoms with Crippen LogP contribution in [0.5, 0.6) is 0 Å². The molecule has 0 aliphatic carbocycles. The first-order valence-electron chi connectivity index (χ1n) is 4.14. The number of halogens is 2. The molecule has 4 heteroatoms. The summed E-state index contributed by atoms with van der Waals surface area (Å²) in [6, 6.07) is 7.49. The SMILES string of the molecule is Cc1cnc(Cl)n1-c1cccc(Cl)c1. The van der Waals surface area contributed by atoms with Gasteiger partial charge in [-0.05, 0) is 36.7 Å². The van der Waals surface area contributed by atoms with Crippen molar-refractivity contribution in [1.82, 2.24) is 9.55 Å². The van der Waals surface area contributed by atoms with Crippen molar-refractivity contribution in [3.63, 3.8) is 0 Å². The summed E-state index contributed by atoms with van der Waals surface area (Å²) < 4.78 is 1.84. The fourth-order valence-corrected chi connectivity index (χ4v) is 1.80. The van der Waals surface area contributed by atoms with Gasteiger partial charge in [-0.2, -0.15) is 0 Å². The van der Waals surface area contributed by atoms with Crippen LogP contribution < -0.4 is 0 Å². The molecule has 1 heterocycles. The number of aromatic nitrogens is 2. The van der Waals surface area contributed by atoms with Crippen LogP contribution in [0.15, 0.2) is 30.5 Å². The summed E-state index contributed by atoms with van der Waals surface area (Å²) in [6.07, 6.45) is 1.73. The lowest BCUT2D eigenvalue weighted by atomic mass is 10.3. The molecule has 72 valence electrons. The molecule has 0 saturated carbocycles. The van der Waals surface area contributed by atoms with E-state index in [0.717, 1.165) is 11.4 Å². The van der Waals surface area contributed by atoms with Gasteiger partial charge < -0.3 is 0 Å². The van der Waals surface area contributed by atoms with Gasteiger partial charge in [0.25, 0.3) is 0 Å². The van der Waals surface area contributed by atoms with Gasteiger partial charge in [0, 0.05) is 22.6 Å². The minimum absolute atomic E-state index is 0.449. The fourth-order valence-electron chi connectivity index (χ4n) is 1.33. The van der Waals surface area contributed by atoms with Crippen LogP contribution in [-0.4, -0.2) is 9.55 Å². The molecule has 2 nitrogen and oxygen atoms in total. The van der Waals surface area contributed by atoms with Crippen molar-refractivity contribution >= 4 is 23.2 Å². The Morgan fingerprint density at radius 1 is 1.29 bits per heavy atom. The molecule has 0 unspecified atom stereocenters. The second-order valence-electron chi connectivity index (χ2n) is 2.98. The average Bonchev–Trinajstić information content (AvgIpc) is 2.46. The second kappa shape index (κ2) is 3.64. The fraction of sp³-hybridized carbons (Fsp3) is 0.100. The molecule has 0 aliphatic heterocycles. The molecular weight excluding hydrogens is 219 g/mol. The predicted molar refractivity (Wildman–Crippen MR) is 58.3 cm³/mol. The van der Waals surface area contributed by atoms with E-state index in [1.54, 1.807) is 6.20 Å². The molecule has 0 fully saturated rings. The highest BCUT2D eigenvalue weighted by atomic mass is 35.5. The van der Waals surface area contributed by atoms with E-state index in [1.165, 1.54) is 0 Å². The van der Waals surface area contributed by atoms with Crippen LogP contribution in [0.2, 0.25) is 10.3 Å². The molecule has 1 aromatic heterocycles. The Morgan fingerprint density at radius 2 is 2.07 bits per heavy atom. The number of rotatable bonds is 1. The molecule has 0 saturated heterocycles. The average molecular weight is 227 g/mol. The van der Waals surface area contributed by atoms with E-state index >= 15 is 0 Å². The van der Waals surface area contributed by atoms with Crippen LogP contribution in [0.4, 0.5) is 0 Å². The normalized spacial score (nSPS) is 10.5. The third-order valence-corrected chi connectivity index (χ3v) is 2.46. The zero-order valence-corrected chi connectivity index (χ0v) is 9.05. The first-order valence-corrected chi connectivity index (χ1v) is 4.90. The zero-order chi connectivity index (χ0) is 10.1. The number of hydrogen-bond donors (Lipinski definition) is 0. The minimum Gasteiger partial charge on any atom is -0.288 e. The number of benzene rings is 1. The van der Waals surface area contributed by atoms with E-state index in [2.05, 4.69) is 4.98 Å². The van der Waals surface area contributed by atoms with E-state index in [0.29, 0.717) is 10.3 Å². The standard InChI is InChI=1S/C10H8Cl2N2/c1-7-6-13-10(12)14(7)9-4-2-3-8(11)5-9/h2-6H,1H3. The van der Waals surface area contributed by atoms with Crippen LogP contribution in [0.3, 0.4) is 0 Å². The topological polar surface area (TPSA) is 17.8 Å². The Balaban J connectivity index is 2.59. The molecule has 2 rings (SSSR count). The van der Waals surface area contributed by atoms with Crippen molar-refractivity contribution in [2.75, 3.05) is 0 Å².